The zero-order valence-corrected chi connectivity index (χ0v) is 8.66. The molecule has 1 N–H and O–H groups in total. The molecule has 2 nitrogen and oxygen atoms in total. The average Bonchev–Trinajstić information content (AvgIpc) is 2.46. The SMILES string of the molecule is O=C1CCc2cc(S)c(NS)cc21. The lowest BCUT2D eigenvalue weighted by atomic mass is 10.1. The summed E-state index contributed by atoms with van der Waals surface area (Å²) in [6.07, 6.45) is 1.47. The minimum absolute atomic E-state index is 0.216. The van der Waals surface area contributed by atoms with Gasteiger partial charge in [-0.15, -0.1) is 12.6 Å². The Bertz CT molecular complexity index is 376. The van der Waals surface area contributed by atoms with E-state index in [1.165, 1.54) is 0 Å². The largest absolute Gasteiger partial charge is 0.331 e. The zero-order valence-electron chi connectivity index (χ0n) is 6.87. The minimum Gasteiger partial charge on any atom is -0.331 e. The quantitative estimate of drug-likeness (QED) is 0.622. The predicted molar refractivity (Wildman–Crippen MR) is 59.0 cm³/mol. The highest BCUT2D eigenvalue weighted by atomic mass is 32.1. The first-order chi connectivity index (χ1) is 6.22. The molecule has 0 heterocycles. The van der Waals surface area contributed by atoms with Crippen LogP contribution in [0.5, 0.6) is 0 Å². The number of rotatable bonds is 1. The molecule has 0 atom stereocenters. The van der Waals surface area contributed by atoms with Gasteiger partial charge in [-0.1, -0.05) is 12.8 Å². The van der Waals surface area contributed by atoms with Crippen molar-refractivity contribution in [3.63, 3.8) is 0 Å². The summed E-state index contributed by atoms with van der Waals surface area (Å²) in [5.74, 6) is 0.216. The maximum Gasteiger partial charge on any atom is 0.163 e. The van der Waals surface area contributed by atoms with Crippen molar-refractivity contribution in [2.24, 2.45) is 0 Å². The van der Waals surface area contributed by atoms with Crippen LogP contribution >= 0.6 is 25.4 Å². The Balaban J connectivity index is 2.57. The number of nitrogens with one attached hydrogen (secondary N) is 1. The Morgan fingerprint density at radius 3 is 2.77 bits per heavy atom. The van der Waals surface area contributed by atoms with E-state index >= 15 is 0 Å². The van der Waals surface area contributed by atoms with E-state index in [0.717, 1.165) is 28.1 Å². The Morgan fingerprint density at radius 1 is 1.31 bits per heavy atom. The number of Topliss-reactive ketones (excluding diaryl/α,β-unsaturated/α-hetero) is 1. The number of hydrogen-bond acceptors (Lipinski definition) is 4. The fourth-order valence-corrected chi connectivity index (χ4v) is 2.12. The molecule has 0 saturated heterocycles. The molecule has 0 spiro atoms. The molecule has 1 aromatic carbocycles. The number of aryl methyl sites for hydroxylation is 1. The van der Waals surface area contributed by atoms with Crippen LogP contribution in [0.1, 0.15) is 22.3 Å². The molecule has 0 aromatic heterocycles. The third-order valence-corrected chi connectivity index (χ3v) is 2.87. The van der Waals surface area contributed by atoms with Crippen LogP contribution < -0.4 is 4.72 Å². The van der Waals surface area contributed by atoms with Gasteiger partial charge in [-0.25, -0.2) is 0 Å². The molecular weight excluding hydrogens is 202 g/mol. The first kappa shape index (κ1) is 8.97. The second-order valence-corrected chi connectivity index (χ2v) is 3.77. The maximum atomic E-state index is 11.4. The molecule has 4 heteroatoms. The van der Waals surface area contributed by atoms with Gasteiger partial charge in [-0.05, 0) is 24.1 Å². The molecular formula is C9H9NOS2. The molecule has 2 rings (SSSR count). The summed E-state index contributed by atoms with van der Waals surface area (Å²) in [6.45, 7) is 0. The van der Waals surface area contributed by atoms with Crippen molar-refractivity contribution in [2.75, 3.05) is 4.72 Å². The van der Waals surface area contributed by atoms with Crippen molar-refractivity contribution >= 4 is 36.9 Å². The van der Waals surface area contributed by atoms with Crippen molar-refractivity contribution in [1.29, 1.82) is 0 Å². The Kier molecular flexibility index (Phi) is 2.26. The van der Waals surface area contributed by atoms with E-state index in [9.17, 15) is 4.79 Å². The number of carbonyl (C=O) groups excluding carboxylic acids is 1. The summed E-state index contributed by atoms with van der Waals surface area (Å²) in [5.41, 5.74) is 2.71. The topological polar surface area (TPSA) is 29.1 Å². The van der Waals surface area contributed by atoms with Gasteiger partial charge in [0.2, 0.25) is 0 Å². The van der Waals surface area contributed by atoms with Crippen LogP contribution in [0.4, 0.5) is 5.69 Å². The Hall–Kier alpha value is -0.610. The summed E-state index contributed by atoms with van der Waals surface area (Å²) in [4.78, 5) is 12.2. The Morgan fingerprint density at radius 2 is 2.08 bits per heavy atom. The van der Waals surface area contributed by atoms with Gasteiger partial charge in [0.15, 0.2) is 5.78 Å². The van der Waals surface area contributed by atoms with Gasteiger partial charge in [0.1, 0.15) is 0 Å². The number of thiol groups is 2. The van der Waals surface area contributed by atoms with Crippen molar-refractivity contribution in [3.8, 4) is 0 Å². The van der Waals surface area contributed by atoms with Crippen LogP contribution in [0.2, 0.25) is 0 Å². The highest BCUT2D eigenvalue weighted by Crippen LogP contribution is 2.30. The molecule has 0 radical (unpaired) electrons. The Labute approximate surface area is 87.7 Å². The van der Waals surface area contributed by atoms with E-state index in [1.54, 1.807) is 0 Å². The third kappa shape index (κ3) is 1.44. The number of benzene rings is 1. The molecule has 0 amide bonds. The fraction of sp³-hybridized carbons (Fsp3) is 0.222. The normalized spacial score (nSPS) is 14.5. The standard InChI is InChI=1S/C9H9NOS2/c11-8-2-1-5-3-9(12)7(10-13)4-6(5)8/h3-4,10,12-13H,1-2H2. The lowest BCUT2D eigenvalue weighted by Gasteiger charge is -2.05. The number of hydrogen-bond donors (Lipinski definition) is 3. The van der Waals surface area contributed by atoms with Crippen molar-refractivity contribution in [2.45, 2.75) is 17.7 Å². The zero-order chi connectivity index (χ0) is 9.42. The van der Waals surface area contributed by atoms with E-state index in [2.05, 4.69) is 30.2 Å². The molecule has 0 fully saturated rings. The monoisotopic (exact) mass is 211 g/mol. The summed E-state index contributed by atoms with van der Waals surface area (Å²) in [5, 5.41) is 0. The maximum absolute atomic E-state index is 11.4. The van der Waals surface area contributed by atoms with Crippen LogP contribution in [0.15, 0.2) is 17.0 Å². The van der Waals surface area contributed by atoms with Crippen LogP contribution in [0, 0.1) is 0 Å². The predicted octanol–water partition coefficient (Wildman–Crippen LogP) is 2.36. The highest BCUT2D eigenvalue weighted by molar-refractivity contribution is 7.82. The van der Waals surface area contributed by atoms with E-state index in [0.29, 0.717) is 6.42 Å². The fourth-order valence-electron chi connectivity index (χ4n) is 1.57. The lowest BCUT2D eigenvalue weighted by Crippen LogP contribution is -1.93. The molecule has 0 bridgehead atoms. The number of ketones is 1. The smallest absolute Gasteiger partial charge is 0.163 e. The van der Waals surface area contributed by atoms with Gasteiger partial charge < -0.3 is 4.72 Å². The second kappa shape index (κ2) is 3.27. The summed E-state index contributed by atoms with van der Waals surface area (Å²) < 4.78 is 2.71. The molecule has 1 aliphatic rings. The molecule has 0 saturated carbocycles. The highest BCUT2D eigenvalue weighted by Gasteiger charge is 2.20. The molecule has 0 unspecified atom stereocenters. The number of fused-ring (bicyclic) bond motifs is 1. The minimum atomic E-state index is 0.216. The summed E-state index contributed by atoms with van der Waals surface area (Å²) >= 11 is 8.22. The van der Waals surface area contributed by atoms with Crippen molar-refractivity contribution in [3.05, 3.63) is 23.3 Å². The van der Waals surface area contributed by atoms with Gasteiger partial charge in [-0.2, -0.15) is 0 Å². The van der Waals surface area contributed by atoms with E-state index in [-0.39, 0.29) is 5.78 Å². The van der Waals surface area contributed by atoms with Gasteiger partial charge in [0, 0.05) is 16.9 Å². The molecule has 1 aliphatic carbocycles. The molecule has 1 aromatic rings. The van der Waals surface area contributed by atoms with Gasteiger partial charge in [0.05, 0.1) is 5.69 Å². The van der Waals surface area contributed by atoms with Crippen LogP contribution in [0.25, 0.3) is 0 Å². The summed E-state index contributed by atoms with van der Waals surface area (Å²) in [7, 11) is 0. The second-order valence-electron chi connectivity index (χ2n) is 3.06. The van der Waals surface area contributed by atoms with E-state index < -0.39 is 0 Å². The molecule has 0 aliphatic heterocycles. The van der Waals surface area contributed by atoms with Gasteiger partial charge >= 0.3 is 0 Å². The van der Waals surface area contributed by atoms with Crippen molar-refractivity contribution in [1.82, 2.24) is 0 Å². The average molecular weight is 211 g/mol. The van der Waals surface area contributed by atoms with E-state index in [1.807, 2.05) is 12.1 Å². The number of anilines is 1. The molecule has 13 heavy (non-hydrogen) atoms. The molecule has 68 valence electrons. The van der Waals surface area contributed by atoms with E-state index in [4.69, 9.17) is 0 Å². The van der Waals surface area contributed by atoms with Crippen LogP contribution in [-0.4, -0.2) is 5.78 Å². The van der Waals surface area contributed by atoms with Crippen molar-refractivity contribution < 1.29 is 4.79 Å². The third-order valence-electron chi connectivity index (χ3n) is 2.26. The number of carbonyl (C=O) groups is 1. The van der Waals surface area contributed by atoms with Gasteiger partial charge in [0.25, 0.3) is 0 Å². The van der Waals surface area contributed by atoms with Gasteiger partial charge in [-0.3, -0.25) is 4.79 Å². The summed E-state index contributed by atoms with van der Waals surface area (Å²) in [6, 6.07) is 3.75. The van der Waals surface area contributed by atoms with Crippen LogP contribution in [0.3, 0.4) is 0 Å². The first-order valence-electron chi connectivity index (χ1n) is 4.01. The van der Waals surface area contributed by atoms with Crippen LogP contribution in [-0.2, 0) is 6.42 Å². The lowest BCUT2D eigenvalue weighted by molar-refractivity contribution is 0.0994. The first-order valence-corrected chi connectivity index (χ1v) is 4.91.